The molecular weight excluding hydrogens is 390 g/mol. The van der Waals surface area contributed by atoms with E-state index in [-0.39, 0.29) is 16.4 Å². The Morgan fingerprint density at radius 2 is 1.79 bits per heavy atom. The molecule has 1 amide bonds. The van der Waals surface area contributed by atoms with Crippen molar-refractivity contribution in [1.29, 1.82) is 0 Å². The van der Waals surface area contributed by atoms with E-state index in [1.165, 1.54) is 4.68 Å². The maximum atomic E-state index is 12.7. The zero-order valence-corrected chi connectivity index (χ0v) is 16.9. The molecule has 0 aliphatic heterocycles. The van der Waals surface area contributed by atoms with Gasteiger partial charge in [-0.05, 0) is 49.0 Å². The average molecular weight is 411 g/mol. The van der Waals surface area contributed by atoms with Gasteiger partial charge in [-0.15, -0.1) is 0 Å². The van der Waals surface area contributed by atoms with Crippen molar-refractivity contribution in [3.8, 4) is 5.75 Å². The third-order valence-electron chi connectivity index (χ3n) is 4.16. The van der Waals surface area contributed by atoms with Gasteiger partial charge in [-0.3, -0.25) is 20.4 Å². The summed E-state index contributed by atoms with van der Waals surface area (Å²) in [5.74, 6) is 0.229. The first-order valence-electron chi connectivity index (χ1n) is 9.04. The Morgan fingerprint density at radius 3 is 2.45 bits per heavy atom. The molecule has 150 valence electrons. The van der Waals surface area contributed by atoms with Crippen LogP contribution in [-0.4, -0.2) is 27.9 Å². The van der Waals surface area contributed by atoms with Gasteiger partial charge in [0.05, 0.1) is 12.5 Å². The average Bonchev–Trinajstić information content (AvgIpc) is 2.74. The molecular formula is C20H21N5O3S. The normalized spacial score (nSPS) is 10.4. The summed E-state index contributed by atoms with van der Waals surface area (Å²) < 4.78 is 6.42. The molecule has 29 heavy (non-hydrogen) atoms. The van der Waals surface area contributed by atoms with Crippen molar-refractivity contribution >= 4 is 39.7 Å². The molecule has 3 N–H and O–H groups in total. The summed E-state index contributed by atoms with van der Waals surface area (Å²) in [6.07, 6.45) is 0.723. The van der Waals surface area contributed by atoms with E-state index in [9.17, 15) is 9.59 Å². The number of ether oxygens (including phenoxy) is 1. The molecule has 0 saturated heterocycles. The summed E-state index contributed by atoms with van der Waals surface area (Å²) in [4.78, 5) is 25.2. The Bertz CT molecular complexity index is 1100. The number of nitrogens with zero attached hydrogens (tertiary/aromatic N) is 2. The van der Waals surface area contributed by atoms with Gasteiger partial charge in [-0.25, -0.2) is 4.68 Å². The van der Waals surface area contributed by atoms with Crippen LogP contribution in [0.2, 0.25) is 0 Å². The fourth-order valence-corrected chi connectivity index (χ4v) is 2.94. The highest BCUT2D eigenvalue weighted by Gasteiger charge is 2.16. The summed E-state index contributed by atoms with van der Waals surface area (Å²) in [5.41, 5.74) is 5.84. The lowest BCUT2D eigenvalue weighted by Gasteiger charge is -2.13. The largest absolute Gasteiger partial charge is 0.497 e. The van der Waals surface area contributed by atoms with Gasteiger partial charge in [-0.2, -0.15) is 5.10 Å². The molecule has 1 heterocycles. The van der Waals surface area contributed by atoms with Crippen molar-refractivity contribution in [2.24, 2.45) is 0 Å². The molecule has 0 spiro atoms. The second kappa shape index (κ2) is 9.16. The van der Waals surface area contributed by atoms with E-state index in [0.29, 0.717) is 17.3 Å². The maximum absolute atomic E-state index is 12.7. The second-order valence-electron chi connectivity index (χ2n) is 6.18. The number of carbonyl (C=O) groups excluding carboxylic acids is 1. The number of amides is 1. The molecule has 3 aromatic rings. The molecule has 0 bridgehead atoms. The Balaban J connectivity index is 1.74. The van der Waals surface area contributed by atoms with Crippen molar-refractivity contribution in [3.05, 3.63) is 64.6 Å². The minimum absolute atomic E-state index is 0.147. The number of aromatic nitrogens is 2. The van der Waals surface area contributed by atoms with Gasteiger partial charge in [0.1, 0.15) is 5.75 Å². The number of thiocarbonyl (C=S) groups is 1. The predicted octanol–water partition coefficient (Wildman–Crippen LogP) is 2.45. The van der Waals surface area contributed by atoms with Crippen LogP contribution < -0.4 is 26.5 Å². The van der Waals surface area contributed by atoms with Gasteiger partial charge in [0.25, 0.3) is 11.5 Å². The highest BCUT2D eigenvalue weighted by molar-refractivity contribution is 7.80. The molecule has 3 rings (SSSR count). The summed E-state index contributed by atoms with van der Waals surface area (Å²) in [6, 6.07) is 14.1. The van der Waals surface area contributed by atoms with Crippen LogP contribution in [0.4, 0.5) is 5.69 Å². The van der Waals surface area contributed by atoms with Crippen molar-refractivity contribution in [2.45, 2.75) is 19.9 Å². The summed E-state index contributed by atoms with van der Waals surface area (Å²) in [6.45, 7) is 2.36. The lowest BCUT2D eigenvalue weighted by atomic mass is 10.1. The number of hydrogen-bond acceptors (Lipinski definition) is 5. The van der Waals surface area contributed by atoms with E-state index >= 15 is 0 Å². The molecule has 0 unspecified atom stereocenters. The quantitative estimate of drug-likeness (QED) is 0.438. The zero-order chi connectivity index (χ0) is 20.8. The van der Waals surface area contributed by atoms with Crippen LogP contribution in [0, 0.1) is 0 Å². The van der Waals surface area contributed by atoms with Gasteiger partial charge < -0.3 is 10.1 Å². The number of hydrazine groups is 1. The third-order valence-corrected chi connectivity index (χ3v) is 4.36. The molecule has 0 atom stereocenters. The van der Waals surface area contributed by atoms with Gasteiger partial charge in [0, 0.05) is 17.6 Å². The Hall–Kier alpha value is -3.46. The minimum Gasteiger partial charge on any atom is -0.497 e. The number of hydrogen-bond donors (Lipinski definition) is 3. The molecule has 0 fully saturated rings. The van der Waals surface area contributed by atoms with Crippen molar-refractivity contribution in [3.63, 3.8) is 0 Å². The van der Waals surface area contributed by atoms with Crippen LogP contribution in [0.25, 0.3) is 10.8 Å². The first kappa shape index (κ1) is 20.3. The lowest BCUT2D eigenvalue weighted by Crippen LogP contribution is -2.44. The monoisotopic (exact) mass is 411 g/mol. The number of aryl methyl sites for hydroxylation is 1. The van der Waals surface area contributed by atoms with E-state index in [2.05, 4.69) is 21.3 Å². The minimum atomic E-state index is -0.495. The van der Waals surface area contributed by atoms with Gasteiger partial charge in [-0.1, -0.05) is 25.1 Å². The van der Waals surface area contributed by atoms with Crippen LogP contribution in [0.3, 0.4) is 0 Å². The SMILES string of the molecule is CCCn1nc(C(=O)NNC(=S)Nc2ccc(OC)cc2)c2ccccc2c1=O. The molecule has 2 aromatic carbocycles. The highest BCUT2D eigenvalue weighted by atomic mass is 32.1. The van der Waals surface area contributed by atoms with Crippen LogP contribution >= 0.6 is 12.2 Å². The van der Waals surface area contributed by atoms with Crippen molar-refractivity contribution < 1.29 is 9.53 Å². The molecule has 0 saturated carbocycles. The van der Waals surface area contributed by atoms with Crippen LogP contribution in [-0.2, 0) is 6.54 Å². The first-order valence-corrected chi connectivity index (χ1v) is 9.45. The molecule has 0 aliphatic rings. The number of rotatable bonds is 5. The summed E-state index contributed by atoms with van der Waals surface area (Å²) in [7, 11) is 1.59. The second-order valence-corrected chi connectivity index (χ2v) is 6.59. The number of fused-ring (bicyclic) bond motifs is 1. The molecule has 1 aromatic heterocycles. The van der Waals surface area contributed by atoms with Crippen LogP contribution in [0.1, 0.15) is 23.8 Å². The van der Waals surface area contributed by atoms with E-state index in [0.717, 1.165) is 17.9 Å². The molecule has 0 radical (unpaired) electrons. The van der Waals surface area contributed by atoms with Gasteiger partial charge in [0.2, 0.25) is 0 Å². The van der Waals surface area contributed by atoms with Crippen LogP contribution in [0.15, 0.2) is 53.3 Å². The highest BCUT2D eigenvalue weighted by Crippen LogP contribution is 2.15. The fourth-order valence-electron chi connectivity index (χ4n) is 2.78. The van der Waals surface area contributed by atoms with E-state index < -0.39 is 5.91 Å². The smallest absolute Gasteiger partial charge is 0.290 e. The van der Waals surface area contributed by atoms with Crippen molar-refractivity contribution in [1.82, 2.24) is 20.6 Å². The fraction of sp³-hybridized carbons (Fsp3) is 0.200. The number of anilines is 1. The predicted molar refractivity (Wildman–Crippen MR) is 116 cm³/mol. The topological polar surface area (TPSA) is 97.3 Å². The Labute approximate surface area is 172 Å². The first-order chi connectivity index (χ1) is 14.0. The number of benzene rings is 2. The van der Waals surface area contributed by atoms with E-state index in [1.807, 2.05) is 6.92 Å². The standard InChI is InChI=1S/C20H21N5O3S/c1-3-12-25-19(27)16-7-5-4-6-15(16)17(24-25)18(26)22-23-20(29)21-13-8-10-14(28-2)11-9-13/h4-11H,3,12H2,1-2H3,(H,22,26)(H2,21,23,29). The maximum Gasteiger partial charge on any atom is 0.290 e. The summed E-state index contributed by atoms with van der Waals surface area (Å²) >= 11 is 5.21. The third kappa shape index (κ3) is 4.69. The van der Waals surface area contributed by atoms with Crippen molar-refractivity contribution in [2.75, 3.05) is 12.4 Å². The Kier molecular flexibility index (Phi) is 6.40. The lowest BCUT2D eigenvalue weighted by molar-refractivity contribution is 0.0938. The van der Waals surface area contributed by atoms with Gasteiger partial charge >= 0.3 is 0 Å². The zero-order valence-electron chi connectivity index (χ0n) is 16.1. The molecule has 9 heteroatoms. The number of carbonyl (C=O) groups is 1. The number of nitrogens with one attached hydrogen (secondary N) is 3. The number of methoxy groups -OCH3 is 1. The van der Waals surface area contributed by atoms with Crippen LogP contribution in [0.5, 0.6) is 5.75 Å². The summed E-state index contributed by atoms with van der Waals surface area (Å²) in [5, 5.41) is 8.33. The molecule has 8 nitrogen and oxygen atoms in total. The van der Waals surface area contributed by atoms with Gasteiger partial charge in [0.15, 0.2) is 10.8 Å². The molecule has 0 aliphatic carbocycles. The van der Waals surface area contributed by atoms with E-state index in [1.54, 1.807) is 55.6 Å². The Morgan fingerprint density at radius 1 is 1.10 bits per heavy atom. The van der Waals surface area contributed by atoms with E-state index in [4.69, 9.17) is 17.0 Å².